The van der Waals surface area contributed by atoms with Crippen LogP contribution in [-0.4, -0.2) is 48.1 Å². The van der Waals surface area contributed by atoms with E-state index in [4.69, 9.17) is 9.47 Å². The van der Waals surface area contributed by atoms with Gasteiger partial charge in [0.15, 0.2) is 11.3 Å². The maximum atomic E-state index is 14.6. The lowest BCUT2D eigenvalue weighted by molar-refractivity contribution is 0.0518. The third kappa shape index (κ3) is 3.49. The Balaban J connectivity index is 1.40. The van der Waals surface area contributed by atoms with Crippen LogP contribution in [0.3, 0.4) is 0 Å². The smallest absolute Gasteiger partial charge is 0.356 e. The summed E-state index contributed by atoms with van der Waals surface area (Å²) < 4.78 is 42.7. The number of nitrogens with zero attached hydrogens (tertiary/aromatic N) is 6. The van der Waals surface area contributed by atoms with Crippen molar-refractivity contribution in [1.29, 1.82) is 0 Å². The zero-order valence-electron chi connectivity index (χ0n) is 19.0. The standard InChI is InChI=1S/C24H19F2N7O3/c1-2-35-23(34)19-10-27-21-15(7-13(25)11-32(19)21)17-9-29-24(33-12-30-31-22(17)33)28-8-16-14-5-6-36-20(14)4-3-18(16)26/h3-4,7,9-12H,2,5-6,8H2,1H3,(H,28,29). The first kappa shape index (κ1) is 21.9. The first-order chi connectivity index (χ1) is 17.5. The fourth-order valence-electron chi connectivity index (χ4n) is 4.42. The molecule has 0 saturated carbocycles. The van der Waals surface area contributed by atoms with Gasteiger partial charge in [-0.05, 0) is 25.1 Å². The average molecular weight is 491 g/mol. The molecule has 0 atom stereocenters. The highest BCUT2D eigenvalue weighted by Crippen LogP contribution is 2.32. The van der Waals surface area contributed by atoms with Crippen LogP contribution in [0, 0.1) is 11.6 Å². The highest BCUT2D eigenvalue weighted by atomic mass is 19.1. The lowest BCUT2D eigenvalue weighted by Crippen LogP contribution is -2.10. The van der Waals surface area contributed by atoms with Gasteiger partial charge in [0.25, 0.3) is 0 Å². The Hall–Kier alpha value is -4.61. The van der Waals surface area contributed by atoms with Gasteiger partial charge in [0.05, 0.1) is 19.4 Å². The lowest BCUT2D eigenvalue weighted by Gasteiger charge is -2.13. The minimum Gasteiger partial charge on any atom is -0.493 e. The topological polar surface area (TPSA) is 108 Å². The number of hydrogen-bond acceptors (Lipinski definition) is 8. The van der Waals surface area contributed by atoms with Gasteiger partial charge in [0, 0.05) is 47.6 Å². The number of nitrogens with one attached hydrogen (secondary N) is 1. The molecular formula is C24H19F2N7O3. The van der Waals surface area contributed by atoms with Gasteiger partial charge in [0.1, 0.15) is 29.4 Å². The molecule has 10 nitrogen and oxygen atoms in total. The molecule has 36 heavy (non-hydrogen) atoms. The van der Waals surface area contributed by atoms with Crippen LogP contribution in [0.1, 0.15) is 28.5 Å². The average Bonchev–Trinajstić information content (AvgIpc) is 3.62. The second-order valence-electron chi connectivity index (χ2n) is 8.10. The second-order valence-corrected chi connectivity index (χ2v) is 8.10. The van der Waals surface area contributed by atoms with Crippen molar-refractivity contribution in [3.05, 3.63) is 71.6 Å². The third-order valence-corrected chi connectivity index (χ3v) is 6.04. The Morgan fingerprint density at radius 1 is 1.17 bits per heavy atom. The van der Waals surface area contributed by atoms with E-state index in [2.05, 4.69) is 25.5 Å². The summed E-state index contributed by atoms with van der Waals surface area (Å²) >= 11 is 0. The van der Waals surface area contributed by atoms with Gasteiger partial charge in [-0.1, -0.05) is 0 Å². The van der Waals surface area contributed by atoms with Gasteiger partial charge >= 0.3 is 5.97 Å². The van der Waals surface area contributed by atoms with Crippen LogP contribution in [0.2, 0.25) is 0 Å². The van der Waals surface area contributed by atoms with Gasteiger partial charge in [-0.2, -0.15) is 0 Å². The van der Waals surface area contributed by atoms with Gasteiger partial charge in [-0.15, -0.1) is 10.2 Å². The summed E-state index contributed by atoms with van der Waals surface area (Å²) in [5.41, 5.74) is 2.95. The van der Waals surface area contributed by atoms with Crippen LogP contribution in [0.5, 0.6) is 5.75 Å². The summed E-state index contributed by atoms with van der Waals surface area (Å²) in [6, 6.07) is 4.31. The van der Waals surface area contributed by atoms with Crippen molar-refractivity contribution in [1.82, 2.24) is 29.0 Å². The fraction of sp³-hybridized carbons (Fsp3) is 0.208. The molecule has 5 heterocycles. The van der Waals surface area contributed by atoms with Gasteiger partial charge in [-0.3, -0.25) is 8.80 Å². The van der Waals surface area contributed by atoms with Crippen molar-refractivity contribution in [2.24, 2.45) is 0 Å². The van der Waals surface area contributed by atoms with E-state index < -0.39 is 11.8 Å². The van der Waals surface area contributed by atoms with E-state index >= 15 is 0 Å². The number of carbonyl (C=O) groups excluding carboxylic acids is 1. The summed E-state index contributed by atoms with van der Waals surface area (Å²) in [6.45, 7) is 2.55. The van der Waals surface area contributed by atoms with Crippen LogP contribution < -0.4 is 10.1 Å². The van der Waals surface area contributed by atoms with E-state index in [-0.39, 0.29) is 24.7 Å². The molecule has 182 valence electrons. The maximum absolute atomic E-state index is 14.6. The van der Waals surface area contributed by atoms with E-state index in [0.717, 1.165) is 5.56 Å². The third-order valence-electron chi connectivity index (χ3n) is 6.04. The van der Waals surface area contributed by atoms with Crippen LogP contribution in [0.15, 0.2) is 43.1 Å². The molecule has 6 rings (SSSR count). The zero-order valence-corrected chi connectivity index (χ0v) is 19.0. The molecule has 4 aromatic heterocycles. The molecule has 0 bridgehead atoms. The number of ether oxygens (including phenoxy) is 2. The lowest BCUT2D eigenvalue weighted by atomic mass is 10.0. The van der Waals surface area contributed by atoms with Gasteiger partial charge < -0.3 is 14.8 Å². The van der Waals surface area contributed by atoms with E-state index in [1.807, 2.05) is 0 Å². The summed E-state index contributed by atoms with van der Waals surface area (Å²) in [7, 11) is 0. The van der Waals surface area contributed by atoms with Crippen molar-refractivity contribution in [2.75, 3.05) is 18.5 Å². The molecule has 0 radical (unpaired) electrons. The molecule has 1 N–H and O–H groups in total. The molecule has 1 aromatic carbocycles. The number of aromatic nitrogens is 6. The second kappa shape index (κ2) is 8.56. The van der Waals surface area contributed by atoms with Crippen molar-refractivity contribution in [3.63, 3.8) is 0 Å². The number of benzene rings is 1. The fourth-order valence-corrected chi connectivity index (χ4v) is 4.42. The molecule has 1 aliphatic heterocycles. The Bertz CT molecular complexity index is 1650. The molecule has 12 heteroatoms. The highest BCUT2D eigenvalue weighted by Gasteiger charge is 2.22. The molecule has 1 aliphatic rings. The monoisotopic (exact) mass is 491 g/mol. The van der Waals surface area contributed by atoms with Crippen molar-refractivity contribution in [3.8, 4) is 16.9 Å². The molecular weight excluding hydrogens is 472 g/mol. The molecule has 0 saturated heterocycles. The largest absolute Gasteiger partial charge is 0.493 e. The number of anilines is 1. The number of carbonyl (C=O) groups is 1. The molecule has 0 unspecified atom stereocenters. The molecule has 0 fully saturated rings. The van der Waals surface area contributed by atoms with E-state index in [9.17, 15) is 13.6 Å². The molecule has 0 spiro atoms. The van der Waals surface area contributed by atoms with E-state index in [0.29, 0.717) is 52.7 Å². The summed E-state index contributed by atoms with van der Waals surface area (Å²) in [4.78, 5) is 21.1. The molecule has 0 aliphatic carbocycles. The maximum Gasteiger partial charge on any atom is 0.356 e. The highest BCUT2D eigenvalue weighted by molar-refractivity contribution is 5.92. The first-order valence-corrected chi connectivity index (χ1v) is 11.2. The molecule has 0 amide bonds. The SMILES string of the molecule is CCOC(=O)c1cnc2c(-c3cnc(NCc4c(F)ccc5c4CCO5)n4cnnc34)cc(F)cn12. The minimum atomic E-state index is -0.614. The minimum absolute atomic E-state index is 0.0951. The van der Waals surface area contributed by atoms with Crippen molar-refractivity contribution >= 4 is 23.2 Å². The number of halogens is 2. The van der Waals surface area contributed by atoms with E-state index in [1.54, 1.807) is 17.4 Å². The summed E-state index contributed by atoms with van der Waals surface area (Å²) in [5, 5.41) is 11.3. The van der Waals surface area contributed by atoms with Gasteiger partial charge in [0.2, 0.25) is 5.95 Å². The van der Waals surface area contributed by atoms with Crippen molar-refractivity contribution in [2.45, 2.75) is 19.9 Å². The van der Waals surface area contributed by atoms with Gasteiger partial charge in [-0.25, -0.2) is 23.5 Å². The quantitative estimate of drug-likeness (QED) is 0.360. The predicted octanol–water partition coefficient (Wildman–Crippen LogP) is 3.44. The Morgan fingerprint density at radius 2 is 2.06 bits per heavy atom. The number of pyridine rings is 1. The van der Waals surface area contributed by atoms with Crippen LogP contribution in [0.4, 0.5) is 14.7 Å². The normalized spacial score (nSPS) is 12.6. The first-order valence-electron chi connectivity index (χ1n) is 11.2. The Labute approximate surface area is 202 Å². The summed E-state index contributed by atoms with van der Waals surface area (Å²) in [5.74, 6) is -0.476. The number of esters is 1. The zero-order chi connectivity index (χ0) is 24.8. The van der Waals surface area contributed by atoms with E-state index in [1.165, 1.54) is 41.5 Å². The van der Waals surface area contributed by atoms with Crippen molar-refractivity contribution < 1.29 is 23.0 Å². The number of imidazole rings is 1. The number of fused-ring (bicyclic) bond motifs is 3. The molecule has 5 aromatic rings. The Kier molecular flexibility index (Phi) is 5.20. The number of hydrogen-bond donors (Lipinski definition) is 1. The number of rotatable bonds is 6. The van der Waals surface area contributed by atoms with Crippen LogP contribution >= 0.6 is 0 Å². The van der Waals surface area contributed by atoms with Crippen LogP contribution in [0.25, 0.3) is 22.4 Å². The van der Waals surface area contributed by atoms with Crippen LogP contribution in [-0.2, 0) is 17.7 Å². The summed E-state index contributed by atoms with van der Waals surface area (Å²) in [6.07, 6.45) is 6.09. The predicted molar refractivity (Wildman–Crippen MR) is 124 cm³/mol. The Morgan fingerprint density at radius 3 is 2.92 bits per heavy atom.